The highest BCUT2D eigenvalue weighted by Gasteiger charge is 2.21. The molecule has 0 aliphatic rings. The van der Waals surface area contributed by atoms with Gasteiger partial charge in [-0.15, -0.1) is 0 Å². The molecule has 21 heavy (non-hydrogen) atoms. The summed E-state index contributed by atoms with van der Waals surface area (Å²) in [6, 6.07) is 8.61. The number of hydrogen-bond donors (Lipinski definition) is 1. The number of fused-ring (bicyclic) bond motifs is 1. The number of imidazole rings is 1. The van der Waals surface area contributed by atoms with Crippen LogP contribution in [0.1, 0.15) is 19.9 Å². The first-order chi connectivity index (χ1) is 10.0. The maximum absolute atomic E-state index is 14.1. The van der Waals surface area contributed by atoms with Crippen LogP contribution in [0.15, 0.2) is 36.4 Å². The van der Waals surface area contributed by atoms with Gasteiger partial charge in [-0.05, 0) is 38.1 Å². The second-order valence-corrected chi connectivity index (χ2v) is 5.14. The average Bonchev–Trinajstić information content (AvgIpc) is 2.79. The van der Waals surface area contributed by atoms with Crippen LogP contribution in [0.25, 0.3) is 22.4 Å². The van der Waals surface area contributed by atoms with Gasteiger partial charge in [-0.2, -0.15) is 0 Å². The van der Waals surface area contributed by atoms with Gasteiger partial charge in [-0.3, -0.25) is 0 Å². The summed E-state index contributed by atoms with van der Waals surface area (Å²) in [4.78, 5) is 4.21. The van der Waals surface area contributed by atoms with Gasteiger partial charge >= 0.3 is 0 Å². The van der Waals surface area contributed by atoms with E-state index in [0.29, 0.717) is 5.52 Å². The Morgan fingerprint density at radius 3 is 2.38 bits per heavy atom. The standard InChI is InChI=1S/C16H14F2N2O/c1-9(2)20-12-7-3-6-11(18)15(12)19-16(20)14-10(17)5-4-8-13(14)21/h3-9,21H,1-2H3. The first kappa shape index (κ1) is 13.5. The lowest BCUT2D eigenvalue weighted by Gasteiger charge is -2.14. The Kier molecular flexibility index (Phi) is 3.12. The van der Waals surface area contributed by atoms with E-state index in [-0.39, 0.29) is 28.7 Å². The summed E-state index contributed by atoms with van der Waals surface area (Å²) < 4.78 is 29.7. The number of aromatic hydroxyl groups is 1. The Bertz CT molecular complexity index is 804. The molecular formula is C16H14F2N2O. The molecule has 3 nitrogen and oxygen atoms in total. The molecular weight excluding hydrogens is 274 g/mol. The summed E-state index contributed by atoms with van der Waals surface area (Å²) in [5.74, 6) is -1.05. The number of rotatable bonds is 2. The average molecular weight is 288 g/mol. The topological polar surface area (TPSA) is 38.0 Å². The van der Waals surface area contributed by atoms with Crippen LogP contribution in [0.4, 0.5) is 8.78 Å². The predicted octanol–water partition coefficient (Wildman–Crippen LogP) is 4.27. The largest absolute Gasteiger partial charge is 0.507 e. The second kappa shape index (κ2) is 4.84. The molecule has 1 N–H and O–H groups in total. The van der Waals surface area contributed by atoms with Gasteiger partial charge in [0.25, 0.3) is 0 Å². The lowest BCUT2D eigenvalue weighted by atomic mass is 10.1. The molecule has 0 aliphatic carbocycles. The molecule has 0 atom stereocenters. The molecule has 1 aromatic heterocycles. The Morgan fingerprint density at radius 1 is 1.05 bits per heavy atom. The van der Waals surface area contributed by atoms with E-state index in [1.54, 1.807) is 16.7 Å². The fraction of sp³-hybridized carbons (Fsp3) is 0.188. The molecule has 1 heterocycles. The number of halogens is 2. The monoisotopic (exact) mass is 288 g/mol. The maximum atomic E-state index is 14.1. The summed E-state index contributed by atoms with van der Waals surface area (Å²) >= 11 is 0. The highest BCUT2D eigenvalue weighted by molar-refractivity contribution is 5.82. The number of phenols is 1. The molecule has 108 valence electrons. The molecule has 5 heteroatoms. The highest BCUT2D eigenvalue weighted by Crippen LogP contribution is 2.35. The molecule has 0 spiro atoms. The third-order valence-electron chi connectivity index (χ3n) is 3.40. The fourth-order valence-corrected chi connectivity index (χ4v) is 2.52. The SMILES string of the molecule is CC(C)n1c(-c2c(O)cccc2F)nc2c(F)cccc21. The smallest absolute Gasteiger partial charge is 0.151 e. The number of hydrogen-bond acceptors (Lipinski definition) is 2. The minimum atomic E-state index is -0.590. The molecule has 0 saturated carbocycles. The molecule has 0 fully saturated rings. The Hall–Kier alpha value is -2.43. The van der Waals surface area contributed by atoms with Gasteiger partial charge in [0.05, 0.1) is 11.1 Å². The van der Waals surface area contributed by atoms with Crippen molar-refractivity contribution < 1.29 is 13.9 Å². The zero-order valence-electron chi connectivity index (χ0n) is 11.6. The minimum absolute atomic E-state index is 0.0122. The third kappa shape index (κ3) is 2.05. The van der Waals surface area contributed by atoms with E-state index in [2.05, 4.69) is 4.98 Å². The molecule has 0 radical (unpaired) electrons. The van der Waals surface area contributed by atoms with Crippen LogP contribution in [0.5, 0.6) is 5.75 Å². The van der Waals surface area contributed by atoms with Crippen molar-refractivity contribution in [2.75, 3.05) is 0 Å². The summed E-state index contributed by atoms with van der Waals surface area (Å²) in [6.07, 6.45) is 0. The van der Waals surface area contributed by atoms with Gasteiger partial charge in [0, 0.05) is 6.04 Å². The number of benzene rings is 2. The molecule has 3 aromatic rings. The van der Waals surface area contributed by atoms with Crippen LogP contribution in [0.2, 0.25) is 0 Å². The van der Waals surface area contributed by atoms with E-state index in [0.717, 1.165) is 0 Å². The Morgan fingerprint density at radius 2 is 1.71 bits per heavy atom. The van der Waals surface area contributed by atoms with Crippen molar-refractivity contribution in [3.8, 4) is 17.1 Å². The lowest BCUT2D eigenvalue weighted by Crippen LogP contribution is -2.04. The van der Waals surface area contributed by atoms with Crippen LogP contribution in [0, 0.1) is 11.6 Å². The van der Waals surface area contributed by atoms with Crippen molar-refractivity contribution in [3.63, 3.8) is 0 Å². The van der Waals surface area contributed by atoms with E-state index in [1.807, 2.05) is 13.8 Å². The summed E-state index contributed by atoms with van der Waals surface area (Å²) in [7, 11) is 0. The molecule has 0 aliphatic heterocycles. The van der Waals surface area contributed by atoms with Crippen molar-refractivity contribution in [2.45, 2.75) is 19.9 Å². The molecule has 3 rings (SSSR count). The second-order valence-electron chi connectivity index (χ2n) is 5.14. The molecule has 0 bridgehead atoms. The van der Waals surface area contributed by atoms with Gasteiger partial charge in [-0.25, -0.2) is 13.8 Å². The summed E-state index contributed by atoms with van der Waals surface area (Å²) in [5, 5.41) is 9.96. The first-order valence-corrected chi connectivity index (χ1v) is 6.65. The van der Waals surface area contributed by atoms with Crippen LogP contribution in [0.3, 0.4) is 0 Å². The molecule has 0 amide bonds. The predicted molar refractivity (Wildman–Crippen MR) is 77.1 cm³/mol. The Balaban J connectivity index is 2.43. The van der Waals surface area contributed by atoms with Gasteiger partial charge in [-0.1, -0.05) is 12.1 Å². The summed E-state index contributed by atoms with van der Waals surface area (Å²) in [5.41, 5.74) is 0.730. The molecule has 0 saturated heterocycles. The van der Waals surface area contributed by atoms with Crippen LogP contribution >= 0.6 is 0 Å². The fourth-order valence-electron chi connectivity index (χ4n) is 2.52. The zero-order valence-corrected chi connectivity index (χ0v) is 11.6. The quantitative estimate of drug-likeness (QED) is 0.764. The maximum Gasteiger partial charge on any atom is 0.151 e. The molecule has 0 unspecified atom stereocenters. The lowest BCUT2D eigenvalue weighted by molar-refractivity contribution is 0.470. The van der Waals surface area contributed by atoms with E-state index in [9.17, 15) is 13.9 Å². The highest BCUT2D eigenvalue weighted by atomic mass is 19.1. The van der Waals surface area contributed by atoms with E-state index >= 15 is 0 Å². The minimum Gasteiger partial charge on any atom is -0.507 e. The number of para-hydroxylation sites is 1. The number of phenolic OH excluding ortho intramolecular Hbond substituents is 1. The van der Waals surface area contributed by atoms with E-state index in [1.165, 1.54) is 24.3 Å². The van der Waals surface area contributed by atoms with Crippen LogP contribution in [-0.2, 0) is 0 Å². The van der Waals surface area contributed by atoms with Crippen molar-refractivity contribution in [1.29, 1.82) is 0 Å². The van der Waals surface area contributed by atoms with Crippen LogP contribution in [-0.4, -0.2) is 14.7 Å². The van der Waals surface area contributed by atoms with Crippen molar-refractivity contribution in [1.82, 2.24) is 9.55 Å². The summed E-state index contributed by atoms with van der Waals surface area (Å²) in [6.45, 7) is 3.79. The van der Waals surface area contributed by atoms with Crippen molar-refractivity contribution >= 4 is 11.0 Å². The van der Waals surface area contributed by atoms with E-state index in [4.69, 9.17) is 0 Å². The van der Waals surface area contributed by atoms with Gasteiger partial charge in [0.15, 0.2) is 5.82 Å². The van der Waals surface area contributed by atoms with E-state index < -0.39 is 11.6 Å². The van der Waals surface area contributed by atoms with Gasteiger partial charge < -0.3 is 9.67 Å². The van der Waals surface area contributed by atoms with Crippen LogP contribution < -0.4 is 0 Å². The van der Waals surface area contributed by atoms with Gasteiger partial charge in [0.2, 0.25) is 0 Å². The normalized spacial score (nSPS) is 11.5. The first-order valence-electron chi connectivity index (χ1n) is 6.65. The van der Waals surface area contributed by atoms with Gasteiger partial charge in [0.1, 0.15) is 22.9 Å². The number of nitrogens with zero attached hydrogens (tertiary/aromatic N) is 2. The van der Waals surface area contributed by atoms with Crippen molar-refractivity contribution in [3.05, 3.63) is 48.0 Å². The zero-order chi connectivity index (χ0) is 15.1. The Labute approximate surface area is 120 Å². The van der Waals surface area contributed by atoms with Crippen molar-refractivity contribution in [2.24, 2.45) is 0 Å². The number of aromatic nitrogens is 2. The third-order valence-corrected chi connectivity index (χ3v) is 3.40. The molecule has 2 aromatic carbocycles.